The molecule has 1 aliphatic heterocycles. The molecular weight excluding hydrogens is 323 g/mol. The normalized spacial score (nSPS) is 16.7. The Balaban J connectivity index is 1.72. The molecule has 6 nitrogen and oxygen atoms in total. The van der Waals surface area contributed by atoms with Crippen molar-refractivity contribution in [1.29, 1.82) is 0 Å². The Labute approximate surface area is 144 Å². The maximum atomic E-state index is 13.8. The summed E-state index contributed by atoms with van der Waals surface area (Å²) in [6.07, 6.45) is 3.36. The highest BCUT2D eigenvalue weighted by atomic mass is 19.1. The minimum absolute atomic E-state index is 0.287. The Morgan fingerprint density at radius 2 is 1.88 bits per heavy atom. The van der Waals surface area contributed by atoms with Crippen molar-refractivity contribution in [3.8, 4) is 11.4 Å². The number of pyridine rings is 1. The van der Waals surface area contributed by atoms with Crippen molar-refractivity contribution in [3.05, 3.63) is 66.1 Å². The smallest absolute Gasteiger partial charge is 0.248 e. The number of benzene rings is 1. The van der Waals surface area contributed by atoms with Gasteiger partial charge in [-0.1, -0.05) is 17.3 Å². The van der Waals surface area contributed by atoms with Gasteiger partial charge in [0, 0.05) is 31.0 Å². The van der Waals surface area contributed by atoms with Crippen molar-refractivity contribution in [2.45, 2.75) is 6.04 Å². The average Bonchev–Trinajstić information content (AvgIpc) is 3.13. The van der Waals surface area contributed by atoms with Gasteiger partial charge in [-0.05, 0) is 29.8 Å². The molecule has 2 aromatic heterocycles. The molecule has 4 rings (SSSR count). The van der Waals surface area contributed by atoms with Gasteiger partial charge in [0.05, 0.1) is 13.2 Å². The second-order valence-corrected chi connectivity index (χ2v) is 5.80. The van der Waals surface area contributed by atoms with Crippen molar-refractivity contribution in [1.82, 2.24) is 20.0 Å². The van der Waals surface area contributed by atoms with Crippen LogP contribution in [0.1, 0.15) is 17.5 Å². The predicted molar refractivity (Wildman–Crippen MR) is 88.2 cm³/mol. The van der Waals surface area contributed by atoms with E-state index in [0.717, 1.165) is 11.1 Å². The molecule has 1 fully saturated rings. The molecule has 0 bridgehead atoms. The maximum absolute atomic E-state index is 13.8. The first kappa shape index (κ1) is 15.9. The van der Waals surface area contributed by atoms with Crippen LogP contribution in [0, 0.1) is 5.82 Å². The van der Waals surface area contributed by atoms with E-state index in [1.807, 2.05) is 18.2 Å². The van der Waals surface area contributed by atoms with Crippen LogP contribution in [-0.2, 0) is 4.74 Å². The van der Waals surface area contributed by atoms with E-state index >= 15 is 0 Å². The van der Waals surface area contributed by atoms with Gasteiger partial charge >= 0.3 is 0 Å². The molecule has 1 saturated heterocycles. The maximum Gasteiger partial charge on any atom is 0.248 e. The van der Waals surface area contributed by atoms with Crippen LogP contribution in [0.25, 0.3) is 11.4 Å². The van der Waals surface area contributed by atoms with Gasteiger partial charge in [0.15, 0.2) is 0 Å². The molecule has 0 aliphatic carbocycles. The molecule has 1 aliphatic rings. The summed E-state index contributed by atoms with van der Waals surface area (Å²) in [6.45, 7) is 2.68. The third-order valence-electron chi connectivity index (χ3n) is 4.19. The third-order valence-corrected chi connectivity index (χ3v) is 4.19. The van der Waals surface area contributed by atoms with Gasteiger partial charge in [0.1, 0.15) is 11.9 Å². The number of rotatable bonds is 4. The van der Waals surface area contributed by atoms with E-state index in [1.165, 1.54) is 12.1 Å². The number of aromatic nitrogens is 3. The molecule has 128 valence electrons. The molecular formula is C18H17FN4O2. The summed E-state index contributed by atoms with van der Waals surface area (Å²) in [6, 6.07) is 9.84. The first-order chi connectivity index (χ1) is 12.3. The summed E-state index contributed by atoms with van der Waals surface area (Å²) in [4.78, 5) is 10.7. The van der Waals surface area contributed by atoms with Crippen LogP contribution in [0.2, 0.25) is 0 Å². The van der Waals surface area contributed by atoms with Gasteiger partial charge < -0.3 is 9.26 Å². The van der Waals surface area contributed by atoms with E-state index in [0.29, 0.717) is 38.0 Å². The minimum atomic E-state index is -0.303. The van der Waals surface area contributed by atoms with Crippen molar-refractivity contribution in [2.24, 2.45) is 0 Å². The van der Waals surface area contributed by atoms with E-state index in [2.05, 4.69) is 20.0 Å². The highest BCUT2D eigenvalue weighted by Crippen LogP contribution is 2.30. The van der Waals surface area contributed by atoms with Gasteiger partial charge in [-0.2, -0.15) is 4.98 Å². The van der Waals surface area contributed by atoms with E-state index in [9.17, 15) is 4.39 Å². The van der Waals surface area contributed by atoms with Gasteiger partial charge in [0.25, 0.3) is 0 Å². The Morgan fingerprint density at radius 3 is 2.64 bits per heavy atom. The molecule has 3 heterocycles. The van der Waals surface area contributed by atoms with Crippen LogP contribution < -0.4 is 0 Å². The number of halogens is 1. The molecule has 0 amide bonds. The summed E-state index contributed by atoms with van der Waals surface area (Å²) in [5.74, 6) is 0.649. The summed E-state index contributed by atoms with van der Waals surface area (Å²) in [7, 11) is 0. The van der Waals surface area contributed by atoms with Gasteiger partial charge in [-0.15, -0.1) is 0 Å². The lowest BCUT2D eigenvalue weighted by Gasteiger charge is -2.32. The number of ether oxygens (including phenoxy) is 1. The van der Waals surface area contributed by atoms with Crippen molar-refractivity contribution in [3.63, 3.8) is 0 Å². The second-order valence-electron chi connectivity index (χ2n) is 5.80. The van der Waals surface area contributed by atoms with E-state index < -0.39 is 0 Å². The summed E-state index contributed by atoms with van der Waals surface area (Å²) < 4.78 is 24.7. The van der Waals surface area contributed by atoms with Gasteiger partial charge in [0.2, 0.25) is 11.7 Å². The second kappa shape index (κ2) is 7.08. The standard InChI is InChI=1S/C18H17FN4O2/c19-15-3-1-2-14(12-15)16(23-8-10-24-11-9-23)18-21-17(22-25-18)13-4-6-20-7-5-13/h1-7,12,16H,8-11H2/t16-/m1/s1. The molecule has 25 heavy (non-hydrogen) atoms. The van der Waals surface area contributed by atoms with E-state index in [1.54, 1.807) is 18.5 Å². The molecule has 3 aromatic rings. The van der Waals surface area contributed by atoms with Crippen LogP contribution in [-0.4, -0.2) is 46.3 Å². The SMILES string of the molecule is Fc1cccc([C@H](c2nc(-c3ccncc3)no2)N2CCOCC2)c1. The highest BCUT2D eigenvalue weighted by Gasteiger charge is 2.29. The molecule has 0 spiro atoms. The molecule has 0 saturated carbocycles. The van der Waals surface area contributed by atoms with E-state index in [4.69, 9.17) is 9.26 Å². The predicted octanol–water partition coefficient (Wildman–Crippen LogP) is 2.69. The molecule has 7 heteroatoms. The van der Waals surface area contributed by atoms with Crippen LogP contribution in [0.4, 0.5) is 4.39 Å². The molecule has 1 atom stereocenters. The van der Waals surface area contributed by atoms with Crippen LogP contribution in [0.5, 0.6) is 0 Å². The van der Waals surface area contributed by atoms with Crippen LogP contribution >= 0.6 is 0 Å². The zero-order chi connectivity index (χ0) is 17.1. The first-order valence-electron chi connectivity index (χ1n) is 8.12. The van der Waals surface area contributed by atoms with E-state index in [-0.39, 0.29) is 11.9 Å². The van der Waals surface area contributed by atoms with Gasteiger partial charge in [-0.3, -0.25) is 9.88 Å². The quantitative estimate of drug-likeness (QED) is 0.728. The fraction of sp³-hybridized carbons (Fsp3) is 0.278. The molecule has 0 radical (unpaired) electrons. The van der Waals surface area contributed by atoms with Crippen LogP contribution in [0.3, 0.4) is 0 Å². The monoisotopic (exact) mass is 340 g/mol. The summed E-state index contributed by atoms with van der Waals surface area (Å²) >= 11 is 0. The topological polar surface area (TPSA) is 64.3 Å². The van der Waals surface area contributed by atoms with Gasteiger partial charge in [-0.25, -0.2) is 4.39 Å². The number of nitrogens with zero attached hydrogens (tertiary/aromatic N) is 4. The Morgan fingerprint density at radius 1 is 1.08 bits per heavy atom. The number of morpholine rings is 1. The first-order valence-corrected chi connectivity index (χ1v) is 8.12. The molecule has 1 aromatic carbocycles. The lowest BCUT2D eigenvalue weighted by molar-refractivity contribution is 0.0180. The number of hydrogen-bond acceptors (Lipinski definition) is 6. The third kappa shape index (κ3) is 3.42. The lowest BCUT2D eigenvalue weighted by atomic mass is 10.0. The fourth-order valence-corrected chi connectivity index (χ4v) is 2.99. The minimum Gasteiger partial charge on any atom is -0.379 e. The number of hydrogen-bond donors (Lipinski definition) is 0. The average molecular weight is 340 g/mol. The Kier molecular flexibility index (Phi) is 4.49. The molecule has 0 N–H and O–H groups in total. The largest absolute Gasteiger partial charge is 0.379 e. The van der Waals surface area contributed by atoms with Crippen molar-refractivity contribution >= 4 is 0 Å². The fourth-order valence-electron chi connectivity index (χ4n) is 2.99. The zero-order valence-corrected chi connectivity index (χ0v) is 13.5. The zero-order valence-electron chi connectivity index (χ0n) is 13.5. The van der Waals surface area contributed by atoms with Crippen LogP contribution in [0.15, 0.2) is 53.3 Å². The van der Waals surface area contributed by atoms with Crippen molar-refractivity contribution in [2.75, 3.05) is 26.3 Å². The lowest BCUT2D eigenvalue weighted by Crippen LogP contribution is -2.39. The highest BCUT2D eigenvalue weighted by molar-refractivity contribution is 5.52. The Hall–Kier alpha value is -2.64. The Bertz CT molecular complexity index is 834. The van der Waals surface area contributed by atoms with Crippen molar-refractivity contribution < 1.29 is 13.7 Å². The summed E-state index contributed by atoms with van der Waals surface area (Å²) in [5, 5.41) is 4.08. The summed E-state index contributed by atoms with van der Waals surface area (Å²) in [5.41, 5.74) is 1.61. The molecule has 0 unspecified atom stereocenters.